The van der Waals surface area contributed by atoms with Crippen LogP contribution < -0.4 is 0 Å². The summed E-state index contributed by atoms with van der Waals surface area (Å²) in [5.74, 6) is -1.49. The SMILES string of the molecule is COCCN(CC(=O)c1ccc(F)c(F)c1)C(C)C1CC1. The lowest BCUT2D eigenvalue weighted by atomic mass is 10.1. The molecule has 0 spiro atoms. The van der Waals surface area contributed by atoms with E-state index in [9.17, 15) is 13.6 Å². The Morgan fingerprint density at radius 2 is 2.10 bits per heavy atom. The van der Waals surface area contributed by atoms with Gasteiger partial charge in [-0.25, -0.2) is 8.78 Å². The monoisotopic (exact) mass is 297 g/mol. The lowest BCUT2D eigenvalue weighted by Gasteiger charge is -2.28. The Bertz CT molecular complexity index is 503. The van der Waals surface area contributed by atoms with Gasteiger partial charge in [0.25, 0.3) is 0 Å². The van der Waals surface area contributed by atoms with E-state index >= 15 is 0 Å². The van der Waals surface area contributed by atoms with Crippen molar-refractivity contribution in [3.8, 4) is 0 Å². The highest BCUT2D eigenvalue weighted by Gasteiger charge is 2.32. The van der Waals surface area contributed by atoms with Crippen LogP contribution in [-0.4, -0.2) is 43.5 Å². The lowest BCUT2D eigenvalue weighted by Crippen LogP contribution is -2.40. The summed E-state index contributed by atoms with van der Waals surface area (Å²) < 4.78 is 31.2. The predicted octanol–water partition coefficient (Wildman–Crippen LogP) is 2.89. The van der Waals surface area contributed by atoms with Crippen LogP contribution in [0, 0.1) is 17.6 Å². The highest BCUT2D eigenvalue weighted by Crippen LogP contribution is 2.35. The van der Waals surface area contributed by atoms with E-state index < -0.39 is 11.6 Å². The van der Waals surface area contributed by atoms with Gasteiger partial charge >= 0.3 is 0 Å². The number of nitrogens with zero attached hydrogens (tertiary/aromatic N) is 1. The molecule has 21 heavy (non-hydrogen) atoms. The highest BCUT2D eigenvalue weighted by atomic mass is 19.2. The third-order valence-corrected chi connectivity index (χ3v) is 4.05. The van der Waals surface area contributed by atoms with Crippen LogP contribution in [0.2, 0.25) is 0 Å². The summed E-state index contributed by atoms with van der Waals surface area (Å²) in [6.45, 7) is 3.50. The topological polar surface area (TPSA) is 29.5 Å². The van der Waals surface area contributed by atoms with Crippen molar-refractivity contribution >= 4 is 5.78 Å². The number of hydrogen-bond acceptors (Lipinski definition) is 3. The molecule has 0 saturated heterocycles. The Morgan fingerprint density at radius 3 is 2.67 bits per heavy atom. The number of ketones is 1. The Balaban J connectivity index is 2.03. The van der Waals surface area contributed by atoms with Crippen LogP contribution in [0.15, 0.2) is 18.2 Å². The molecule has 1 aliphatic rings. The second-order valence-electron chi connectivity index (χ2n) is 5.59. The van der Waals surface area contributed by atoms with Crippen molar-refractivity contribution in [1.82, 2.24) is 4.90 Å². The van der Waals surface area contributed by atoms with Gasteiger partial charge in [-0.2, -0.15) is 0 Å². The minimum absolute atomic E-state index is 0.197. The Kier molecular flexibility index (Phi) is 5.42. The van der Waals surface area contributed by atoms with Gasteiger partial charge in [0.2, 0.25) is 0 Å². The first-order valence-electron chi connectivity index (χ1n) is 7.24. The molecule has 1 aliphatic carbocycles. The fourth-order valence-corrected chi connectivity index (χ4v) is 2.46. The van der Waals surface area contributed by atoms with Crippen LogP contribution in [0.1, 0.15) is 30.1 Å². The molecule has 0 radical (unpaired) electrons. The quantitative estimate of drug-likeness (QED) is 0.691. The minimum Gasteiger partial charge on any atom is -0.383 e. The molecule has 1 fully saturated rings. The minimum atomic E-state index is -0.987. The zero-order valence-electron chi connectivity index (χ0n) is 12.4. The largest absolute Gasteiger partial charge is 0.383 e. The van der Waals surface area contributed by atoms with Crippen molar-refractivity contribution in [1.29, 1.82) is 0 Å². The maximum Gasteiger partial charge on any atom is 0.176 e. The van der Waals surface area contributed by atoms with Gasteiger partial charge in [0.05, 0.1) is 13.2 Å². The molecule has 5 heteroatoms. The van der Waals surface area contributed by atoms with E-state index in [2.05, 4.69) is 11.8 Å². The van der Waals surface area contributed by atoms with Crippen molar-refractivity contribution in [2.45, 2.75) is 25.8 Å². The first-order valence-corrected chi connectivity index (χ1v) is 7.24. The van der Waals surface area contributed by atoms with E-state index in [1.807, 2.05) is 0 Å². The summed E-state index contributed by atoms with van der Waals surface area (Å²) >= 11 is 0. The summed E-state index contributed by atoms with van der Waals surface area (Å²) in [7, 11) is 1.62. The second kappa shape index (κ2) is 7.09. The zero-order chi connectivity index (χ0) is 15.4. The number of ether oxygens (including phenoxy) is 1. The van der Waals surface area contributed by atoms with Gasteiger partial charge in [-0.05, 0) is 43.9 Å². The molecule has 0 amide bonds. The number of methoxy groups -OCH3 is 1. The molecule has 0 aliphatic heterocycles. The van der Waals surface area contributed by atoms with Gasteiger partial charge in [0, 0.05) is 25.3 Å². The summed E-state index contributed by atoms with van der Waals surface area (Å²) in [5, 5.41) is 0. The van der Waals surface area contributed by atoms with Crippen molar-refractivity contribution in [3.05, 3.63) is 35.4 Å². The molecule has 0 heterocycles. The van der Waals surface area contributed by atoms with E-state index in [1.165, 1.54) is 18.9 Å². The number of halogens is 2. The average Bonchev–Trinajstić information content (AvgIpc) is 3.30. The number of carbonyl (C=O) groups is 1. The molecule has 1 saturated carbocycles. The maximum absolute atomic E-state index is 13.2. The average molecular weight is 297 g/mol. The second-order valence-corrected chi connectivity index (χ2v) is 5.59. The van der Waals surface area contributed by atoms with Gasteiger partial charge in [-0.15, -0.1) is 0 Å². The van der Waals surface area contributed by atoms with Crippen LogP contribution in [-0.2, 0) is 4.74 Å². The number of Topliss-reactive ketones (excluding diaryl/α,β-unsaturated/α-hetero) is 1. The molecular weight excluding hydrogens is 276 g/mol. The normalized spacial score (nSPS) is 16.2. The molecule has 1 unspecified atom stereocenters. The van der Waals surface area contributed by atoms with E-state index in [0.717, 1.165) is 12.1 Å². The fraction of sp³-hybridized carbons (Fsp3) is 0.562. The molecule has 0 aromatic heterocycles. The van der Waals surface area contributed by atoms with E-state index in [-0.39, 0.29) is 17.9 Å². The van der Waals surface area contributed by atoms with Crippen LogP contribution in [0.4, 0.5) is 8.78 Å². The molecule has 1 aromatic rings. The Labute approximate surface area is 123 Å². The van der Waals surface area contributed by atoms with E-state index in [0.29, 0.717) is 25.1 Å². The summed E-state index contributed by atoms with van der Waals surface area (Å²) in [4.78, 5) is 14.3. The van der Waals surface area contributed by atoms with Crippen LogP contribution >= 0.6 is 0 Å². The molecule has 0 N–H and O–H groups in total. The first kappa shape index (κ1) is 16.0. The van der Waals surface area contributed by atoms with Crippen molar-refractivity contribution < 1.29 is 18.3 Å². The third kappa shape index (κ3) is 4.32. The van der Waals surface area contributed by atoms with E-state index in [1.54, 1.807) is 7.11 Å². The van der Waals surface area contributed by atoms with Crippen LogP contribution in [0.25, 0.3) is 0 Å². The van der Waals surface area contributed by atoms with Crippen molar-refractivity contribution in [3.63, 3.8) is 0 Å². The summed E-state index contributed by atoms with van der Waals surface area (Å²) in [6, 6.07) is 3.59. The van der Waals surface area contributed by atoms with Gasteiger partial charge < -0.3 is 4.74 Å². The zero-order valence-corrected chi connectivity index (χ0v) is 12.4. The molecular formula is C16H21F2NO2. The molecule has 116 valence electrons. The predicted molar refractivity (Wildman–Crippen MR) is 76.3 cm³/mol. The highest BCUT2D eigenvalue weighted by molar-refractivity contribution is 5.97. The third-order valence-electron chi connectivity index (χ3n) is 4.05. The number of hydrogen-bond donors (Lipinski definition) is 0. The molecule has 1 atom stereocenters. The standard InChI is InChI=1S/C16H21F2NO2/c1-11(12-3-4-12)19(7-8-21-2)10-16(20)13-5-6-14(17)15(18)9-13/h5-6,9,11-12H,3-4,7-8,10H2,1-2H3. The number of carbonyl (C=O) groups excluding carboxylic acids is 1. The van der Waals surface area contributed by atoms with Crippen molar-refractivity contribution in [2.75, 3.05) is 26.8 Å². The first-order chi connectivity index (χ1) is 10.0. The Hall–Kier alpha value is -1.33. The molecule has 0 bridgehead atoms. The molecule has 2 rings (SSSR count). The van der Waals surface area contributed by atoms with Gasteiger partial charge in [0.1, 0.15) is 0 Å². The summed E-state index contributed by atoms with van der Waals surface area (Å²) in [5.41, 5.74) is 0.208. The van der Waals surface area contributed by atoms with Crippen LogP contribution in [0.5, 0.6) is 0 Å². The maximum atomic E-state index is 13.2. The Morgan fingerprint density at radius 1 is 1.38 bits per heavy atom. The molecule has 1 aromatic carbocycles. The summed E-state index contributed by atoms with van der Waals surface area (Å²) in [6.07, 6.45) is 2.37. The number of rotatable bonds is 8. The van der Waals surface area contributed by atoms with Gasteiger partial charge in [-0.1, -0.05) is 0 Å². The van der Waals surface area contributed by atoms with Gasteiger partial charge in [-0.3, -0.25) is 9.69 Å². The molecule has 3 nitrogen and oxygen atoms in total. The fourth-order valence-electron chi connectivity index (χ4n) is 2.46. The van der Waals surface area contributed by atoms with Crippen LogP contribution in [0.3, 0.4) is 0 Å². The number of benzene rings is 1. The smallest absolute Gasteiger partial charge is 0.176 e. The van der Waals surface area contributed by atoms with Gasteiger partial charge in [0.15, 0.2) is 17.4 Å². The van der Waals surface area contributed by atoms with E-state index in [4.69, 9.17) is 4.74 Å². The lowest BCUT2D eigenvalue weighted by molar-refractivity contribution is 0.0816. The van der Waals surface area contributed by atoms with Crippen molar-refractivity contribution in [2.24, 2.45) is 5.92 Å².